The van der Waals surface area contributed by atoms with E-state index in [0.717, 1.165) is 38.5 Å². The van der Waals surface area contributed by atoms with Gasteiger partial charge >= 0.3 is 103 Å². The smallest absolute Gasteiger partial charge is 1.00 e. The third-order valence-corrected chi connectivity index (χ3v) is 11.1. The monoisotopic (exact) mass is 1120 g/mol. The molecule has 0 aliphatic heterocycles. The minimum atomic E-state index is -2.27. The second-order valence-corrected chi connectivity index (χ2v) is 17.6. The molecule has 0 radical (unpaired) electrons. The van der Waals surface area contributed by atoms with E-state index >= 15 is 0 Å². The molecule has 9 atom stereocenters. The number of aliphatic hydroxyl groups is 3. The Bertz CT molecular complexity index is 2180. The quantitative estimate of drug-likeness (QED) is 0.0206. The van der Waals surface area contributed by atoms with E-state index in [2.05, 4.69) is 57.2 Å². The summed E-state index contributed by atoms with van der Waals surface area (Å²) in [5.74, 6) is -0.376. The molecule has 3 saturated carbocycles. The van der Waals surface area contributed by atoms with Gasteiger partial charge in [0.05, 0.1) is 47.8 Å². The topological polar surface area (TPSA) is 379 Å². The molecule has 0 aromatic carbocycles. The van der Waals surface area contributed by atoms with Gasteiger partial charge in [0.1, 0.15) is 22.8 Å². The molecule has 3 aromatic rings. The van der Waals surface area contributed by atoms with Crippen LogP contribution in [0.2, 0.25) is 15.7 Å². The Labute approximate surface area is 521 Å². The van der Waals surface area contributed by atoms with Crippen LogP contribution in [0.4, 0.5) is 17.6 Å². The molecule has 384 valence electrons. The molecule has 0 bridgehead atoms. The first-order chi connectivity index (χ1) is 32.1. The van der Waals surface area contributed by atoms with Crippen LogP contribution in [0.25, 0.3) is 0 Å². The number of aromatic nitrogens is 6. The van der Waals surface area contributed by atoms with Crippen LogP contribution in [-0.4, -0.2) is 111 Å². The number of halogens is 4. The number of hydrogen-bond acceptors (Lipinski definition) is 19. The number of nitrogens with one attached hydrogen (secondary N) is 3. The summed E-state index contributed by atoms with van der Waals surface area (Å²) in [6, 6.07) is 0.115. The maximum Gasteiger partial charge on any atom is 1.00 e. The molecular weight excluding hydrogens is 1050 g/mol. The summed E-state index contributed by atoms with van der Waals surface area (Å²) in [5, 5.41) is 46.7. The van der Waals surface area contributed by atoms with Gasteiger partial charge in [0.2, 0.25) is 16.5 Å². The Hall–Kier alpha value is -1.38. The number of aliphatic hydroxyl groups excluding tert-OH is 3. The second-order valence-electron chi connectivity index (χ2n) is 16.5. The first-order valence-electron chi connectivity index (χ1n) is 22.2. The van der Waals surface area contributed by atoms with E-state index in [9.17, 15) is 29.7 Å². The molecule has 22 nitrogen and oxygen atoms in total. The molecular formula is C42H68Cl4K2N13O9+. The average Bonchev–Trinajstić information content (AvgIpc) is 3.25. The Morgan fingerprint density at radius 3 is 1.59 bits per heavy atom. The molecule has 14 N–H and O–H groups in total. The SMILES string of the molecule is C.CC1CCC(Nc2nc(Cl)ncc2C(N)=O)CC1O.CC1C[CH+]C(N)CC1O.Cl.NC(=O)c1cnc(Cl)nc1Cl.O=CO[O-].[2H]C([2H])([2H])C(C)(C)Nc1ncc(C(N)=O)c(NC2CCC(C)C(O)C2)n1.[H-].[K+].[K+]. The molecule has 3 aromatic heterocycles. The normalized spacial score (nSPS) is 23.8. The molecule has 3 amide bonds. The maximum absolute atomic E-state index is 11.7. The number of nitrogens with two attached hydrogens (primary N) is 4. The van der Waals surface area contributed by atoms with Gasteiger partial charge < -0.3 is 60.0 Å². The molecule has 9 unspecified atom stereocenters. The van der Waals surface area contributed by atoms with Crippen molar-refractivity contribution in [1.82, 2.24) is 29.9 Å². The molecule has 0 saturated heterocycles. The number of carbonyl (C=O) groups excluding carboxylic acids is 4. The van der Waals surface area contributed by atoms with Crippen molar-refractivity contribution >= 4 is 89.0 Å². The Morgan fingerprint density at radius 2 is 1.20 bits per heavy atom. The van der Waals surface area contributed by atoms with Crippen molar-refractivity contribution in [2.45, 2.75) is 142 Å². The van der Waals surface area contributed by atoms with Gasteiger partial charge in [-0.25, -0.2) is 19.9 Å². The van der Waals surface area contributed by atoms with Crippen LogP contribution in [0.5, 0.6) is 0 Å². The fourth-order valence-electron chi connectivity index (χ4n) is 6.57. The van der Waals surface area contributed by atoms with Crippen molar-refractivity contribution in [2.24, 2.45) is 40.7 Å². The largest absolute Gasteiger partial charge is 1.00 e. The van der Waals surface area contributed by atoms with Gasteiger partial charge in [-0.2, -0.15) is 9.97 Å². The average molecular weight is 1120 g/mol. The van der Waals surface area contributed by atoms with Crippen LogP contribution in [-0.2, 0) is 9.68 Å². The summed E-state index contributed by atoms with van der Waals surface area (Å²) in [7, 11) is 0. The molecule has 6 rings (SSSR count). The summed E-state index contributed by atoms with van der Waals surface area (Å²) in [4.78, 5) is 67.8. The zero-order chi connectivity index (χ0) is 52.4. The predicted molar refractivity (Wildman–Crippen MR) is 262 cm³/mol. The number of carbonyl (C=O) groups is 4. The standard InChI is InChI=1S/C16H27N5O2.C12H17ClN4O2.C7H14NO.C5H3Cl2N3O.CH2O3.CH4.ClH.2K.H/c1-9-5-6-10(7-12(9)22)19-14-11(13(17)23)8-18-15(20-14)21-16(2,3)4;1-6-2-3-7(4-9(6)18)16-11-8(10(14)19)5-15-12(13)17-11;1-5-2-3-6(8)4-7(5)9;6-3-2(4(8)11)1-9-5(7)10-3;2-1-4-3;;;;;/h8-10,12,22H,5-7H2,1-4H3,(H2,17,23)(H2,18,19,20,21);5-7,9,18H,2-4H2,1H3,(H2,14,19)(H,15,16,17);3,5-7,9H,2,4,8H2,1H3;1H,(H2,8,11);1,3H;1H4;1H;;;/q;;+1;;;;;2*+1;-1/p-1/i2D3;;;;;;;;;. The Balaban J connectivity index is -0.000000449. The minimum Gasteiger partial charge on any atom is -1.00 e. The second kappa shape index (κ2) is 36.5. The molecule has 3 aliphatic rings. The van der Waals surface area contributed by atoms with Crippen LogP contribution in [0.3, 0.4) is 0 Å². The molecule has 3 heterocycles. The third kappa shape index (κ3) is 27.2. The van der Waals surface area contributed by atoms with Crippen LogP contribution in [0.1, 0.15) is 137 Å². The number of amides is 3. The summed E-state index contributed by atoms with van der Waals surface area (Å²) >= 11 is 16.6. The minimum absolute atomic E-state index is 0. The van der Waals surface area contributed by atoms with Gasteiger partial charge in [0.25, 0.3) is 24.2 Å². The number of nitrogens with zero attached hydrogens (tertiary/aromatic N) is 6. The van der Waals surface area contributed by atoms with E-state index in [1.807, 2.05) is 20.8 Å². The molecule has 3 aliphatic carbocycles. The summed E-state index contributed by atoms with van der Waals surface area (Å²) in [6.07, 6.45) is 11.2. The third-order valence-electron chi connectivity index (χ3n) is 10.5. The van der Waals surface area contributed by atoms with E-state index in [1.165, 1.54) is 32.4 Å². The molecule has 70 heavy (non-hydrogen) atoms. The van der Waals surface area contributed by atoms with Gasteiger partial charge in [-0.1, -0.05) is 39.8 Å². The Morgan fingerprint density at radius 1 is 0.786 bits per heavy atom. The number of hydrogen-bond donors (Lipinski definition) is 10. The number of primary amides is 3. The van der Waals surface area contributed by atoms with Gasteiger partial charge in [0.15, 0.2) is 0 Å². The van der Waals surface area contributed by atoms with E-state index in [0.29, 0.717) is 30.5 Å². The van der Waals surface area contributed by atoms with E-state index < -0.39 is 36.2 Å². The van der Waals surface area contributed by atoms with Gasteiger partial charge in [-0.05, 0) is 94.3 Å². The fraction of sp³-hybridized carbons (Fsp3) is 0.595. The molecule has 28 heteroatoms. The van der Waals surface area contributed by atoms with Crippen molar-refractivity contribution < 1.29 is 153 Å². The molecule has 0 spiro atoms. The number of anilines is 3. The van der Waals surface area contributed by atoms with E-state index in [1.54, 1.807) is 0 Å². The number of rotatable bonds is 9. The van der Waals surface area contributed by atoms with Gasteiger partial charge in [0, 0.05) is 52.7 Å². The van der Waals surface area contributed by atoms with Crippen molar-refractivity contribution in [3.8, 4) is 0 Å². The van der Waals surface area contributed by atoms with E-state index in [-0.39, 0.29) is 211 Å². The summed E-state index contributed by atoms with van der Waals surface area (Å²) in [6.45, 7) is 6.67. The first-order valence-corrected chi connectivity index (χ1v) is 21.9. The maximum atomic E-state index is 11.7. The van der Waals surface area contributed by atoms with Gasteiger partial charge in [-0.3, -0.25) is 24.9 Å². The predicted octanol–water partition coefficient (Wildman–Crippen LogP) is -2.26. The van der Waals surface area contributed by atoms with Crippen LogP contribution in [0, 0.1) is 24.2 Å². The van der Waals surface area contributed by atoms with Crippen LogP contribution >= 0.6 is 47.2 Å². The zero-order valence-electron chi connectivity index (χ0n) is 43.6. The van der Waals surface area contributed by atoms with Crippen LogP contribution < -0.4 is 147 Å². The Kier molecular flexibility index (Phi) is 34.8. The van der Waals surface area contributed by atoms with E-state index in [4.69, 9.17) is 71.9 Å². The molecule has 3 fully saturated rings. The first kappa shape index (κ1) is 66.6. The van der Waals surface area contributed by atoms with Crippen molar-refractivity contribution in [1.29, 1.82) is 0 Å². The zero-order valence-corrected chi connectivity index (χ0v) is 48.9. The van der Waals surface area contributed by atoms with Crippen molar-refractivity contribution in [2.75, 3.05) is 16.0 Å². The summed E-state index contributed by atoms with van der Waals surface area (Å²) < 4.78 is 22.8. The van der Waals surface area contributed by atoms with Crippen molar-refractivity contribution in [3.05, 3.63) is 57.4 Å². The van der Waals surface area contributed by atoms with Gasteiger partial charge in [-0.15, -0.1) is 12.4 Å². The van der Waals surface area contributed by atoms with Crippen LogP contribution in [0.15, 0.2) is 18.6 Å². The summed E-state index contributed by atoms with van der Waals surface area (Å²) in [5.41, 5.74) is 20.3. The fourth-order valence-corrected chi connectivity index (χ4v) is 7.10. The van der Waals surface area contributed by atoms with Crippen molar-refractivity contribution in [3.63, 3.8) is 0 Å².